The fourth-order valence-corrected chi connectivity index (χ4v) is 2.85. The van der Waals surface area contributed by atoms with E-state index in [1.54, 1.807) is 42.5 Å². The molecule has 0 saturated carbocycles. The molecule has 1 fully saturated rings. The van der Waals surface area contributed by atoms with Crippen LogP contribution in [0.5, 0.6) is 11.5 Å². The van der Waals surface area contributed by atoms with Gasteiger partial charge in [0.2, 0.25) is 0 Å². The lowest BCUT2D eigenvalue weighted by molar-refractivity contribution is -0.139. The zero-order chi connectivity index (χ0) is 19.8. The molecule has 0 aliphatic carbocycles. The van der Waals surface area contributed by atoms with Gasteiger partial charge in [0, 0.05) is 24.9 Å². The molecule has 2 N–H and O–H groups in total. The number of carbonyl (C=O) groups excluding carboxylic acids is 1. The second kappa shape index (κ2) is 9.75. The SMILES string of the molecule is O=C(O)COc1cccc(CNC(=O)c2ccc(OC3CCOCC3)cc2)c1. The van der Waals surface area contributed by atoms with Gasteiger partial charge in [-0.05, 0) is 42.0 Å². The van der Waals surface area contributed by atoms with Gasteiger partial charge >= 0.3 is 5.97 Å². The van der Waals surface area contributed by atoms with Crippen LogP contribution in [-0.2, 0) is 16.1 Å². The molecule has 148 valence electrons. The van der Waals surface area contributed by atoms with E-state index in [-0.39, 0.29) is 12.0 Å². The lowest BCUT2D eigenvalue weighted by Gasteiger charge is -2.23. The Morgan fingerprint density at radius 3 is 2.54 bits per heavy atom. The Kier molecular flexibility index (Phi) is 6.86. The van der Waals surface area contributed by atoms with Crippen molar-refractivity contribution in [3.8, 4) is 11.5 Å². The number of hydrogen-bond donors (Lipinski definition) is 2. The molecule has 1 saturated heterocycles. The average molecular weight is 385 g/mol. The number of amides is 1. The van der Waals surface area contributed by atoms with Gasteiger partial charge in [-0.25, -0.2) is 4.79 Å². The molecule has 0 aromatic heterocycles. The van der Waals surface area contributed by atoms with Crippen LogP contribution in [0.4, 0.5) is 0 Å². The largest absolute Gasteiger partial charge is 0.490 e. The molecule has 0 atom stereocenters. The minimum atomic E-state index is -1.04. The number of ether oxygens (including phenoxy) is 3. The minimum Gasteiger partial charge on any atom is -0.490 e. The Balaban J connectivity index is 1.50. The van der Waals surface area contributed by atoms with E-state index in [0.29, 0.717) is 31.1 Å². The molecule has 0 unspecified atom stereocenters. The van der Waals surface area contributed by atoms with Crippen LogP contribution in [0.25, 0.3) is 0 Å². The van der Waals surface area contributed by atoms with Crippen LogP contribution >= 0.6 is 0 Å². The van der Waals surface area contributed by atoms with E-state index < -0.39 is 12.6 Å². The van der Waals surface area contributed by atoms with Crippen LogP contribution in [0.2, 0.25) is 0 Å². The summed E-state index contributed by atoms with van der Waals surface area (Å²) in [6, 6.07) is 14.0. The fourth-order valence-electron chi connectivity index (χ4n) is 2.85. The molecule has 3 rings (SSSR count). The predicted molar refractivity (Wildman–Crippen MR) is 102 cm³/mol. The Labute approximate surface area is 163 Å². The summed E-state index contributed by atoms with van der Waals surface area (Å²) in [6.07, 6.45) is 1.90. The second-order valence-electron chi connectivity index (χ2n) is 6.47. The zero-order valence-electron chi connectivity index (χ0n) is 15.4. The summed E-state index contributed by atoms with van der Waals surface area (Å²) < 4.78 is 16.4. The summed E-state index contributed by atoms with van der Waals surface area (Å²) in [7, 11) is 0. The topological polar surface area (TPSA) is 94.1 Å². The molecule has 7 nitrogen and oxygen atoms in total. The summed E-state index contributed by atoms with van der Waals surface area (Å²) in [4.78, 5) is 22.9. The Morgan fingerprint density at radius 1 is 1.07 bits per heavy atom. The van der Waals surface area contributed by atoms with Crippen LogP contribution < -0.4 is 14.8 Å². The quantitative estimate of drug-likeness (QED) is 0.726. The van der Waals surface area contributed by atoms with Crippen molar-refractivity contribution < 1.29 is 28.9 Å². The predicted octanol–water partition coefficient (Wildman–Crippen LogP) is 2.64. The third-order valence-corrected chi connectivity index (χ3v) is 4.30. The maximum Gasteiger partial charge on any atom is 0.341 e. The van der Waals surface area contributed by atoms with Gasteiger partial charge in [0.1, 0.15) is 17.6 Å². The summed E-state index contributed by atoms with van der Waals surface area (Å²) in [5.74, 6) is -0.0482. The Hall–Kier alpha value is -3.06. The first-order valence-corrected chi connectivity index (χ1v) is 9.16. The molecule has 7 heteroatoms. The molecule has 1 heterocycles. The number of rotatable bonds is 8. The van der Waals surface area contributed by atoms with Crippen LogP contribution in [0.3, 0.4) is 0 Å². The lowest BCUT2D eigenvalue weighted by Crippen LogP contribution is -2.26. The standard InChI is InChI=1S/C21H23NO6/c23-20(24)14-27-19-3-1-2-15(12-19)13-22-21(25)16-4-6-17(7-5-16)28-18-8-10-26-11-9-18/h1-7,12,18H,8-11,13-14H2,(H,22,25)(H,23,24). The van der Waals surface area contributed by atoms with Crippen molar-refractivity contribution in [1.29, 1.82) is 0 Å². The molecular weight excluding hydrogens is 362 g/mol. The van der Waals surface area contributed by atoms with Crippen molar-refractivity contribution in [2.45, 2.75) is 25.5 Å². The number of carbonyl (C=O) groups is 2. The molecular formula is C21H23NO6. The molecule has 1 aliphatic rings. The zero-order valence-corrected chi connectivity index (χ0v) is 15.4. The third kappa shape index (κ3) is 5.99. The highest BCUT2D eigenvalue weighted by Crippen LogP contribution is 2.19. The first kappa shape index (κ1) is 19.7. The van der Waals surface area contributed by atoms with Gasteiger partial charge in [-0.2, -0.15) is 0 Å². The maximum absolute atomic E-state index is 12.3. The van der Waals surface area contributed by atoms with Crippen LogP contribution in [-0.4, -0.2) is 42.9 Å². The maximum atomic E-state index is 12.3. The van der Waals surface area contributed by atoms with Gasteiger partial charge in [0.05, 0.1) is 13.2 Å². The number of benzene rings is 2. The van der Waals surface area contributed by atoms with E-state index in [4.69, 9.17) is 19.3 Å². The normalized spacial score (nSPS) is 14.3. The van der Waals surface area contributed by atoms with E-state index in [2.05, 4.69) is 5.32 Å². The van der Waals surface area contributed by atoms with Crippen molar-refractivity contribution in [3.63, 3.8) is 0 Å². The van der Waals surface area contributed by atoms with Crippen molar-refractivity contribution in [2.75, 3.05) is 19.8 Å². The van der Waals surface area contributed by atoms with Crippen LogP contribution in [0.1, 0.15) is 28.8 Å². The molecule has 2 aromatic carbocycles. The first-order chi connectivity index (χ1) is 13.6. The van der Waals surface area contributed by atoms with Gasteiger partial charge in [-0.15, -0.1) is 0 Å². The van der Waals surface area contributed by atoms with Crippen molar-refractivity contribution in [1.82, 2.24) is 5.32 Å². The van der Waals surface area contributed by atoms with Crippen molar-refractivity contribution >= 4 is 11.9 Å². The van der Waals surface area contributed by atoms with Crippen LogP contribution in [0.15, 0.2) is 48.5 Å². The third-order valence-electron chi connectivity index (χ3n) is 4.30. The number of carboxylic acids is 1. The van der Waals surface area contributed by atoms with E-state index in [9.17, 15) is 9.59 Å². The van der Waals surface area contributed by atoms with Gasteiger partial charge in [-0.3, -0.25) is 4.79 Å². The molecule has 0 radical (unpaired) electrons. The van der Waals surface area contributed by atoms with Crippen molar-refractivity contribution in [2.24, 2.45) is 0 Å². The number of hydrogen-bond acceptors (Lipinski definition) is 5. The lowest BCUT2D eigenvalue weighted by atomic mass is 10.1. The number of nitrogens with one attached hydrogen (secondary N) is 1. The van der Waals surface area contributed by atoms with Crippen LogP contribution in [0, 0.1) is 0 Å². The van der Waals surface area contributed by atoms with Gasteiger partial charge in [-0.1, -0.05) is 12.1 Å². The second-order valence-corrected chi connectivity index (χ2v) is 6.47. The highest BCUT2D eigenvalue weighted by atomic mass is 16.5. The minimum absolute atomic E-state index is 0.157. The number of aliphatic carboxylic acids is 1. The van der Waals surface area contributed by atoms with Gasteiger partial charge in [0.15, 0.2) is 6.61 Å². The molecule has 2 aromatic rings. The smallest absolute Gasteiger partial charge is 0.341 e. The number of carboxylic acid groups (broad SMARTS) is 1. The Morgan fingerprint density at radius 2 is 1.82 bits per heavy atom. The highest BCUT2D eigenvalue weighted by Gasteiger charge is 2.15. The van der Waals surface area contributed by atoms with Gasteiger partial charge in [0.25, 0.3) is 5.91 Å². The fraction of sp³-hybridized carbons (Fsp3) is 0.333. The summed E-state index contributed by atoms with van der Waals surface area (Å²) in [6.45, 7) is 1.34. The molecule has 1 amide bonds. The summed E-state index contributed by atoms with van der Waals surface area (Å²) in [5, 5.41) is 11.5. The van der Waals surface area contributed by atoms with E-state index in [1.165, 1.54) is 0 Å². The Bertz CT molecular complexity index is 799. The summed E-state index contributed by atoms with van der Waals surface area (Å²) in [5.41, 5.74) is 1.35. The van der Waals surface area contributed by atoms with E-state index in [1.807, 2.05) is 6.07 Å². The van der Waals surface area contributed by atoms with E-state index in [0.717, 1.165) is 24.2 Å². The molecule has 1 aliphatic heterocycles. The molecule has 28 heavy (non-hydrogen) atoms. The summed E-state index contributed by atoms with van der Waals surface area (Å²) >= 11 is 0. The molecule has 0 spiro atoms. The van der Waals surface area contributed by atoms with E-state index >= 15 is 0 Å². The first-order valence-electron chi connectivity index (χ1n) is 9.16. The average Bonchev–Trinajstić information content (AvgIpc) is 2.72. The van der Waals surface area contributed by atoms with Gasteiger partial charge < -0.3 is 24.6 Å². The monoisotopic (exact) mass is 385 g/mol. The molecule has 0 bridgehead atoms. The highest BCUT2D eigenvalue weighted by molar-refractivity contribution is 5.94. The van der Waals surface area contributed by atoms with Crippen molar-refractivity contribution in [3.05, 3.63) is 59.7 Å².